The molecule has 0 aliphatic heterocycles. The topological polar surface area (TPSA) is 80.3 Å². The number of fused-ring (bicyclic) bond motifs is 1. The molecule has 1 heterocycles. The number of aromatic nitrogens is 1. The summed E-state index contributed by atoms with van der Waals surface area (Å²) >= 11 is 1.32. The third-order valence-corrected chi connectivity index (χ3v) is 4.89. The summed E-state index contributed by atoms with van der Waals surface area (Å²) < 4.78 is 5.81. The van der Waals surface area contributed by atoms with E-state index in [0.717, 1.165) is 16.5 Å². The van der Waals surface area contributed by atoms with Crippen LogP contribution >= 0.6 is 11.3 Å². The van der Waals surface area contributed by atoms with Gasteiger partial charge in [0.25, 0.3) is 0 Å². The Morgan fingerprint density at radius 2 is 1.93 bits per heavy atom. The Bertz CT molecular complexity index is 963. The molecule has 1 aromatic heterocycles. The van der Waals surface area contributed by atoms with Gasteiger partial charge in [0.1, 0.15) is 12.4 Å². The molecule has 3 rings (SSSR count). The third-order valence-electron chi connectivity index (χ3n) is 4.08. The normalized spacial score (nSPS) is 10.8. The van der Waals surface area contributed by atoms with Crippen molar-refractivity contribution in [3.8, 4) is 5.75 Å². The molecular formula is C21H23N3O3S. The quantitative estimate of drug-likeness (QED) is 0.569. The summed E-state index contributed by atoms with van der Waals surface area (Å²) in [6.45, 7) is 4.42. The minimum Gasteiger partial charge on any atom is -0.491 e. The Kier molecular flexibility index (Phi) is 6.60. The highest BCUT2D eigenvalue weighted by atomic mass is 32.1. The number of thiazole rings is 1. The van der Waals surface area contributed by atoms with Gasteiger partial charge in [-0.15, -0.1) is 11.3 Å². The first-order chi connectivity index (χ1) is 13.5. The lowest BCUT2D eigenvalue weighted by atomic mass is 10.1. The number of nitrogens with zero attached hydrogens (tertiary/aromatic N) is 1. The van der Waals surface area contributed by atoms with E-state index in [2.05, 4.69) is 15.6 Å². The second-order valence-corrected chi connectivity index (χ2v) is 7.50. The lowest BCUT2D eigenvalue weighted by molar-refractivity contribution is -0.120. The number of nitrogens with one attached hydrogen (secondary N) is 2. The van der Waals surface area contributed by atoms with Crippen LogP contribution in [0.25, 0.3) is 10.8 Å². The van der Waals surface area contributed by atoms with Crippen LogP contribution in [0.5, 0.6) is 5.75 Å². The van der Waals surface area contributed by atoms with Crippen LogP contribution in [-0.2, 0) is 16.0 Å². The van der Waals surface area contributed by atoms with Crippen molar-refractivity contribution in [3.05, 3.63) is 53.5 Å². The zero-order valence-electron chi connectivity index (χ0n) is 15.9. The molecular weight excluding hydrogens is 374 g/mol. The van der Waals surface area contributed by atoms with Crippen LogP contribution in [0.4, 0.5) is 5.13 Å². The fourth-order valence-electron chi connectivity index (χ4n) is 2.60. The van der Waals surface area contributed by atoms with Gasteiger partial charge in [0.2, 0.25) is 11.8 Å². The van der Waals surface area contributed by atoms with Crippen LogP contribution in [0, 0.1) is 5.92 Å². The number of carbonyl (C=O) groups is 2. The minimum absolute atomic E-state index is 0.0871. The first-order valence-electron chi connectivity index (χ1n) is 9.15. The van der Waals surface area contributed by atoms with Gasteiger partial charge in [-0.3, -0.25) is 9.59 Å². The number of hydrogen-bond donors (Lipinski definition) is 2. The Morgan fingerprint density at radius 1 is 1.14 bits per heavy atom. The van der Waals surface area contributed by atoms with E-state index in [4.69, 9.17) is 4.74 Å². The van der Waals surface area contributed by atoms with E-state index in [0.29, 0.717) is 24.0 Å². The van der Waals surface area contributed by atoms with Gasteiger partial charge in [-0.25, -0.2) is 4.98 Å². The molecule has 0 fully saturated rings. The smallest absolute Gasteiger partial charge is 0.228 e. The highest BCUT2D eigenvalue weighted by molar-refractivity contribution is 7.13. The second kappa shape index (κ2) is 9.32. The maximum absolute atomic E-state index is 12.1. The summed E-state index contributed by atoms with van der Waals surface area (Å²) in [5, 5.41) is 10.0. The van der Waals surface area contributed by atoms with Crippen LogP contribution in [0.3, 0.4) is 0 Å². The summed E-state index contributed by atoms with van der Waals surface area (Å²) in [6, 6.07) is 13.9. The maximum Gasteiger partial charge on any atom is 0.228 e. The monoisotopic (exact) mass is 397 g/mol. The number of anilines is 1. The molecule has 0 spiro atoms. The average molecular weight is 398 g/mol. The van der Waals surface area contributed by atoms with Crippen LogP contribution < -0.4 is 15.4 Å². The largest absolute Gasteiger partial charge is 0.491 e. The van der Waals surface area contributed by atoms with Crippen LogP contribution in [0.2, 0.25) is 0 Å². The summed E-state index contributed by atoms with van der Waals surface area (Å²) in [6.07, 6.45) is 0.169. The summed E-state index contributed by atoms with van der Waals surface area (Å²) in [7, 11) is 0. The van der Waals surface area contributed by atoms with Gasteiger partial charge in [0.15, 0.2) is 5.13 Å². The van der Waals surface area contributed by atoms with E-state index in [9.17, 15) is 9.59 Å². The van der Waals surface area contributed by atoms with Crippen LogP contribution in [0.15, 0.2) is 47.8 Å². The standard InChI is InChI=1S/C21H23N3O3S/c1-14(2)20(26)24-21-23-16(13-28-21)12-19(25)22-10-11-27-18-9-5-7-15-6-3-4-8-17(15)18/h3-9,13-14H,10-12H2,1-2H3,(H,22,25)(H,23,24,26). The molecule has 0 saturated carbocycles. The Labute approximate surface area is 167 Å². The first kappa shape index (κ1) is 19.8. The van der Waals surface area contributed by atoms with Crippen molar-refractivity contribution in [2.24, 2.45) is 5.92 Å². The summed E-state index contributed by atoms with van der Waals surface area (Å²) in [5.74, 6) is 0.472. The van der Waals surface area contributed by atoms with Gasteiger partial charge < -0.3 is 15.4 Å². The highest BCUT2D eigenvalue weighted by Gasteiger charge is 2.12. The molecule has 0 atom stereocenters. The molecule has 2 aromatic carbocycles. The second-order valence-electron chi connectivity index (χ2n) is 6.64. The number of benzene rings is 2. The SMILES string of the molecule is CC(C)C(=O)Nc1nc(CC(=O)NCCOc2cccc3ccccc23)cs1. The molecule has 3 aromatic rings. The van der Waals surface area contributed by atoms with E-state index in [1.54, 1.807) is 5.38 Å². The molecule has 2 amide bonds. The lowest BCUT2D eigenvalue weighted by Gasteiger charge is -2.10. The van der Waals surface area contributed by atoms with Crippen molar-refractivity contribution in [1.29, 1.82) is 0 Å². The Balaban J connectivity index is 1.44. The van der Waals surface area contributed by atoms with E-state index < -0.39 is 0 Å². The first-order valence-corrected chi connectivity index (χ1v) is 10.0. The summed E-state index contributed by atoms with van der Waals surface area (Å²) in [5.41, 5.74) is 0.636. The van der Waals surface area contributed by atoms with Crippen molar-refractivity contribution in [2.45, 2.75) is 20.3 Å². The van der Waals surface area contributed by atoms with Crippen LogP contribution in [0.1, 0.15) is 19.5 Å². The van der Waals surface area contributed by atoms with Gasteiger partial charge in [0, 0.05) is 16.7 Å². The van der Waals surface area contributed by atoms with Crippen molar-refractivity contribution < 1.29 is 14.3 Å². The molecule has 0 saturated heterocycles. The molecule has 0 aliphatic rings. The van der Waals surface area contributed by atoms with Crippen molar-refractivity contribution >= 4 is 39.1 Å². The van der Waals surface area contributed by atoms with Crippen LogP contribution in [-0.4, -0.2) is 29.9 Å². The molecule has 7 heteroatoms. The lowest BCUT2D eigenvalue weighted by Crippen LogP contribution is -2.29. The molecule has 6 nitrogen and oxygen atoms in total. The maximum atomic E-state index is 12.1. The molecule has 0 bridgehead atoms. The van der Waals surface area contributed by atoms with E-state index >= 15 is 0 Å². The minimum atomic E-state index is -0.131. The average Bonchev–Trinajstić information content (AvgIpc) is 3.11. The van der Waals surface area contributed by atoms with Gasteiger partial charge in [0.05, 0.1) is 18.7 Å². The molecule has 0 unspecified atom stereocenters. The summed E-state index contributed by atoms with van der Waals surface area (Å²) in [4.78, 5) is 28.0. The van der Waals surface area contributed by atoms with Crippen molar-refractivity contribution in [2.75, 3.05) is 18.5 Å². The van der Waals surface area contributed by atoms with Gasteiger partial charge in [-0.1, -0.05) is 50.2 Å². The number of hydrogen-bond acceptors (Lipinski definition) is 5. The van der Waals surface area contributed by atoms with E-state index in [-0.39, 0.29) is 24.2 Å². The predicted octanol–water partition coefficient (Wildman–Crippen LogP) is 3.63. The predicted molar refractivity (Wildman–Crippen MR) is 112 cm³/mol. The van der Waals surface area contributed by atoms with E-state index in [1.165, 1.54) is 11.3 Å². The Morgan fingerprint density at radius 3 is 2.75 bits per heavy atom. The van der Waals surface area contributed by atoms with Gasteiger partial charge in [-0.05, 0) is 11.5 Å². The van der Waals surface area contributed by atoms with Gasteiger partial charge >= 0.3 is 0 Å². The highest BCUT2D eigenvalue weighted by Crippen LogP contribution is 2.24. The van der Waals surface area contributed by atoms with E-state index in [1.807, 2.05) is 56.3 Å². The zero-order chi connectivity index (χ0) is 19.9. The van der Waals surface area contributed by atoms with Crippen molar-refractivity contribution in [3.63, 3.8) is 0 Å². The molecule has 0 radical (unpaired) electrons. The number of amides is 2. The molecule has 0 aliphatic carbocycles. The third kappa shape index (κ3) is 5.29. The molecule has 28 heavy (non-hydrogen) atoms. The Hall–Kier alpha value is -2.93. The number of rotatable bonds is 8. The molecule has 146 valence electrons. The number of carbonyl (C=O) groups excluding carboxylic acids is 2. The van der Waals surface area contributed by atoms with Crippen molar-refractivity contribution in [1.82, 2.24) is 10.3 Å². The molecule has 2 N–H and O–H groups in total. The number of ether oxygens (including phenoxy) is 1. The fraction of sp³-hybridized carbons (Fsp3) is 0.286. The fourth-order valence-corrected chi connectivity index (χ4v) is 3.31. The zero-order valence-corrected chi connectivity index (χ0v) is 16.7. The van der Waals surface area contributed by atoms with Gasteiger partial charge in [-0.2, -0.15) is 0 Å².